The Kier molecular flexibility index (Phi) is 6.00. The van der Waals surface area contributed by atoms with Crippen molar-refractivity contribution in [2.75, 3.05) is 6.61 Å². The smallest absolute Gasteiger partial charge is 0.191 e. The van der Waals surface area contributed by atoms with Crippen LogP contribution in [0, 0.1) is 0 Å². The molecule has 2 nitrogen and oxygen atoms in total. The molecule has 0 N–H and O–H groups in total. The van der Waals surface area contributed by atoms with Crippen LogP contribution in [0.1, 0.15) is 57.1 Å². The summed E-state index contributed by atoms with van der Waals surface area (Å²) in [4.78, 5) is 12.8. The van der Waals surface area contributed by atoms with Crippen LogP contribution in [-0.4, -0.2) is 12.4 Å². The van der Waals surface area contributed by atoms with Crippen molar-refractivity contribution in [3.05, 3.63) is 47.5 Å². The molecule has 0 bridgehead atoms. The lowest BCUT2D eigenvalue weighted by Crippen LogP contribution is -2.18. The van der Waals surface area contributed by atoms with Crippen LogP contribution in [0.4, 0.5) is 0 Å². The van der Waals surface area contributed by atoms with Gasteiger partial charge in [-0.05, 0) is 43.7 Å². The molecule has 108 valence electrons. The molecular formula is C18H24O2. The molecule has 0 radical (unpaired) electrons. The predicted octanol–water partition coefficient (Wildman–Crippen LogP) is 4.61. The first-order chi connectivity index (χ1) is 9.83. The molecule has 1 atom stereocenters. The zero-order chi connectivity index (χ0) is 14.2. The minimum Gasteiger partial charge on any atom is -0.366 e. The molecule has 0 heterocycles. The summed E-state index contributed by atoms with van der Waals surface area (Å²) in [5, 5.41) is 0. The summed E-state index contributed by atoms with van der Waals surface area (Å²) >= 11 is 0. The van der Waals surface area contributed by atoms with E-state index in [-0.39, 0.29) is 5.78 Å². The fraction of sp³-hybridized carbons (Fsp3) is 0.500. The maximum atomic E-state index is 12.8. The van der Waals surface area contributed by atoms with Crippen molar-refractivity contribution in [2.45, 2.75) is 51.6 Å². The minimum atomic E-state index is -0.438. The first-order valence-corrected chi connectivity index (χ1v) is 7.72. The molecule has 2 rings (SSSR count). The molecular weight excluding hydrogens is 248 g/mol. The molecule has 0 amide bonds. The number of rotatable bonds is 5. The number of Topliss-reactive ketones (excluding diaryl/α,β-unsaturated/α-hetero) is 1. The lowest BCUT2D eigenvalue weighted by Gasteiger charge is -2.19. The molecule has 0 aromatic heterocycles. The van der Waals surface area contributed by atoms with Gasteiger partial charge < -0.3 is 4.74 Å². The van der Waals surface area contributed by atoms with Crippen molar-refractivity contribution in [1.29, 1.82) is 0 Å². The highest BCUT2D eigenvalue weighted by atomic mass is 16.5. The van der Waals surface area contributed by atoms with Crippen molar-refractivity contribution in [1.82, 2.24) is 0 Å². The molecule has 1 aromatic rings. The number of benzene rings is 1. The van der Waals surface area contributed by atoms with Gasteiger partial charge in [0, 0.05) is 6.61 Å². The number of hydrogen-bond acceptors (Lipinski definition) is 2. The maximum absolute atomic E-state index is 12.8. The van der Waals surface area contributed by atoms with Crippen LogP contribution in [0.25, 0.3) is 0 Å². The van der Waals surface area contributed by atoms with Gasteiger partial charge in [0.15, 0.2) is 5.78 Å². The van der Waals surface area contributed by atoms with Gasteiger partial charge in [0.2, 0.25) is 0 Å². The van der Waals surface area contributed by atoms with Gasteiger partial charge in [-0.3, -0.25) is 4.79 Å². The van der Waals surface area contributed by atoms with E-state index >= 15 is 0 Å². The van der Waals surface area contributed by atoms with E-state index < -0.39 is 6.10 Å². The van der Waals surface area contributed by atoms with Gasteiger partial charge >= 0.3 is 0 Å². The van der Waals surface area contributed by atoms with E-state index in [1.165, 1.54) is 19.3 Å². The molecule has 2 heteroatoms. The van der Waals surface area contributed by atoms with E-state index in [4.69, 9.17) is 4.74 Å². The molecule has 0 spiro atoms. The van der Waals surface area contributed by atoms with Gasteiger partial charge in [-0.2, -0.15) is 0 Å². The predicted molar refractivity (Wildman–Crippen MR) is 81.6 cm³/mol. The van der Waals surface area contributed by atoms with Crippen LogP contribution in [0.2, 0.25) is 0 Å². The van der Waals surface area contributed by atoms with Crippen molar-refractivity contribution in [2.24, 2.45) is 0 Å². The number of carbonyl (C=O) groups excluding carboxylic acids is 1. The second-order valence-electron chi connectivity index (χ2n) is 5.29. The topological polar surface area (TPSA) is 26.3 Å². The van der Waals surface area contributed by atoms with Crippen molar-refractivity contribution in [3.63, 3.8) is 0 Å². The van der Waals surface area contributed by atoms with Crippen molar-refractivity contribution < 1.29 is 9.53 Å². The van der Waals surface area contributed by atoms with E-state index in [0.29, 0.717) is 6.61 Å². The van der Waals surface area contributed by atoms with Gasteiger partial charge in [0.1, 0.15) is 6.10 Å². The second-order valence-corrected chi connectivity index (χ2v) is 5.29. The zero-order valence-corrected chi connectivity index (χ0v) is 12.3. The third kappa shape index (κ3) is 4.04. The Labute approximate surface area is 121 Å². The Hall–Kier alpha value is -1.41. The molecule has 0 saturated heterocycles. The SMILES string of the molecule is CCOC(C(=O)/C1=C/CCCCCC1)c1ccccc1. The van der Waals surface area contributed by atoms with Crippen LogP contribution < -0.4 is 0 Å². The average Bonchev–Trinajstić information content (AvgIpc) is 2.45. The molecule has 0 fully saturated rings. The molecule has 1 aliphatic rings. The number of hydrogen-bond donors (Lipinski definition) is 0. The van der Waals surface area contributed by atoms with Gasteiger partial charge in [-0.25, -0.2) is 0 Å². The summed E-state index contributed by atoms with van der Waals surface area (Å²) < 4.78 is 5.72. The first-order valence-electron chi connectivity index (χ1n) is 7.72. The van der Waals surface area contributed by atoms with Crippen LogP contribution in [0.5, 0.6) is 0 Å². The molecule has 20 heavy (non-hydrogen) atoms. The van der Waals surface area contributed by atoms with Gasteiger partial charge in [0.25, 0.3) is 0 Å². The summed E-state index contributed by atoms with van der Waals surface area (Å²) in [6.07, 6.45) is 8.44. The standard InChI is InChI=1S/C18H24O2/c1-2-20-18(16-13-9-6-10-14-16)17(19)15-11-7-4-3-5-8-12-15/h6,9-11,13-14,18H,2-5,7-8,12H2,1H3/b15-11+. The third-order valence-electron chi connectivity index (χ3n) is 3.78. The fourth-order valence-electron chi connectivity index (χ4n) is 2.70. The maximum Gasteiger partial charge on any atom is 0.191 e. The molecule has 1 aromatic carbocycles. The Balaban J connectivity index is 2.17. The van der Waals surface area contributed by atoms with Crippen LogP contribution in [0.3, 0.4) is 0 Å². The molecule has 1 aliphatic carbocycles. The Morgan fingerprint density at radius 1 is 1.15 bits per heavy atom. The number of ketones is 1. The van der Waals surface area contributed by atoms with E-state index in [1.807, 2.05) is 37.3 Å². The Morgan fingerprint density at radius 3 is 2.65 bits per heavy atom. The van der Waals surface area contributed by atoms with Gasteiger partial charge in [-0.1, -0.05) is 49.2 Å². The van der Waals surface area contributed by atoms with Gasteiger partial charge in [0.05, 0.1) is 0 Å². The molecule has 0 aliphatic heterocycles. The van der Waals surface area contributed by atoms with Crippen LogP contribution >= 0.6 is 0 Å². The Morgan fingerprint density at radius 2 is 1.90 bits per heavy atom. The summed E-state index contributed by atoms with van der Waals surface area (Å²) in [5.41, 5.74) is 1.93. The van der Waals surface area contributed by atoms with Crippen LogP contribution in [0.15, 0.2) is 42.0 Å². The van der Waals surface area contributed by atoms with Crippen molar-refractivity contribution in [3.8, 4) is 0 Å². The number of allylic oxidation sites excluding steroid dienone is 1. The van der Waals surface area contributed by atoms with E-state index in [9.17, 15) is 4.79 Å². The normalized spacial score (nSPS) is 20.4. The van der Waals surface area contributed by atoms with Crippen LogP contribution in [-0.2, 0) is 9.53 Å². The second kappa shape index (κ2) is 8.01. The zero-order valence-electron chi connectivity index (χ0n) is 12.3. The fourth-order valence-corrected chi connectivity index (χ4v) is 2.70. The number of carbonyl (C=O) groups is 1. The lowest BCUT2D eigenvalue weighted by molar-refractivity contribution is -0.127. The Bertz CT molecular complexity index is 448. The summed E-state index contributed by atoms with van der Waals surface area (Å²) in [5.74, 6) is 0.153. The third-order valence-corrected chi connectivity index (χ3v) is 3.78. The summed E-state index contributed by atoms with van der Waals surface area (Å²) in [6, 6.07) is 9.83. The van der Waals surface area contributed by atoms with E-state index in [2.05, 4.69) is 6.08 Å². The number of ether oxygens (including phenoxy) is 1. The van der Waals surface area contributed by atoms with E-state index in [0.717, 1.165) is 30.4 Å². The highest BCUT2D eigenvalue weighted by Gasteiger charge is 2.24. The highest BCUT2D eigenvalue weighted by molar-refractivity contribution is 5.99. The van der Waals surface area contributed by atoms with Crippen molar-refractivity contribution >= 4 is 5.78 Å². The largest absolute Gasteiger partial charge is 0.366 e. The molecule has 0 saturated carbocycles. The monoisotopic (exact) mass is 272 g/mol. The molecule has 1 unspecified atom stereocenters. The quantitative estimate of drug-likeness (QED) is 0.782. The lowest BCUT2D eigenvalue weighted by atomic mass is 9.92. The summed E-state index contributed by atoms with van der Waals surface area (Å²) in [6.45, 7) is 2.49. The first kappa shape index (κ1) is 15.0. The van der Waals surface area contributed by atoms with E-state index in [1.54, 1.807) is 0 Å². The highest BCUT2D eigenvalue weighted by Crippen LogP contribution is 2.26. The average molecular weight is 272 g/mol. The van der Waals surface area contributed by atoms with Gasteiger partial charge in [-0.15, -0.1) is 0 Å². The minimum absolute atomic E-state index is 0.153. The summed E-state index contributed by atoms with van der Waals surface area (Å²) in [7, 11) is 0.